The number of aliphatic hydroxyl groups excluding tert-OH is 1. The van der Waals surface area contributed by atoms with Gasteiger partial charge in [0.05, 0.1) is 18.1 Å². The van der Waals surface area contributed by atoms with E-state index in [0.717, 1.165) is 79.2 Å². The fraction of sp³-hybridized carbons (Fsp3) is 0.483. The Morgan fingerprint density at radius 1 is 1.13 bits per heavy atom. The van der Waals surface area contributed by atoms with E-state index in [2.05, 4.69) is 40.3 Å². The molecule has 0 aliphatic carbocycles. The molecule has 8 nitrogen and oxygen atoms in total. The lowest BCUT2D eigenvalue weighted by Gasteiger charge is -2.42. The average Bonchev–Trinajstić information content (AvgIpc) is 3.34. The Balaban J connectivity index is 1.61. The Morgan fingerprint density at radius 3 is 2.53 bits per heavy atom. The van der Waals surface area contributed by atoms with E-state index in [-0.39, 0.29) is 25.1 Å². The molecule has 2 aliphatic rings. The number of benzene rings is 1. The summed E-state index contributed by atoms with van der Waals surface area (Å²) < 4.78 is 19.1. The summed E-state index contributed by atoms with van der Waals surface area (Å²) in [5.74, 6) is 2.89. The minimum Gasteiger partial charge on any atom is -0.496 e. The molecular weight excluding hydrogens is 483 g/mol. The lowest BCUT2D eigenvalue weighted by atomic mass is 10.1. The number of anilines is 2. The van der Waals surface area contributed by atoms with Gasteiger partial charge in [-0.05, 0) is 83.2 Å². The molecule has 0 saturated carbocycles. The Hall–Kier alpha value is -3.46. The van der Waals surface area contributed by atoms with Crippen molar-refractivity contribution in [3.05, 3.63) is 59.4 Å². The van der Waals surface area contributed by atoms with Gasteiger partial charge in [0.1, 0.15) is 24.1 Å². The second kappa shape index (κ2) is 12.4. The molecule has 0 amide bonds. The standard InChI is InChI=1S/C29H39FN6O2/c1-20(17-23(4)38-16-15-37)28(31-5)34-13-14-35(22(3)19-34)27-18-26(24-8-10-25(30)11-9-24)32-29(33-27)36-12-6-7-21(36)2/h8-11,17-18,21-22,37H,5-7,12-16,19H2,1-4H3/b23-17+,28-20+/t21-,22?/m1/s1. The summed E-state index contributed by atoms with van der Waals surface area (Å²) in [5.41, 5.74) is 2.63. The van der Waals surface area contributed by atoms with E-state index in [1.54, 1.807) is 12.1 Å². The number of piperazine rings is 1. The van der Waals surface area contributed by atoms with Crippen LogP contribution < -0.4 is 9.80 Å². The lowest BCUT2D eigenvalue weighted by Crippen LogP contribution is -2.52. The number of halogens is 1. The van der Waals surface area contributed by atoms with Crippen LogP contribution in [0.5, 0.6) is 0 Å². The van der Waals surface area contributed by atoms with Crippen LogP contribution in [-0.4, -0.2) is 78.2 Å². The molecule has 0 radical (unpaired) electrons. The van der Waals surface area contributed by atoms with Crippen molar-refractivity contribution in [2.24, 2.45) is 4.99 Å². The molecular formula is C29H39FN6O2. The zero-order valence-electron chi connectivity index (χ0n) is 22.9. The SMILES string of the molecule is C=N/C(=C(C)\C=C(/C)OCCO)N1CCN(c2cc(-c3ccc(F)cc3)nc(N3CCC[C@H]3C)n2)C(C)C1. The molecule has 1 N–H and O–H groups in total. The molecule has 9 heteroatoms. The van der Waals surface area contributed by atoms with E-state index in [4.69, 9.17) is 19.8 Å². The van der Waals surface area contributed by atoms with E-state index in [9.17, 15) is 4.39 Å². The molecule has 2 fully saturated rings. The highest BCUT2D eigenvalue weighted by atomic mass is 19.1. The number of aliphatic imine (C=N–C) groups is 1. The minimum atomic E-state index is -0.263. The van der Waals surface area contributed by atoms with Crippen LogP contribution in [-0.2, 0) is 4.74 Å². The second-order valence-corrected chi connectivity index (χ2v) is 10.1. The fourth-order valence-electron chi connectivity index (χ4n) is 5.28. The highest BCUT2D eigenvalue weighted by Gasteiger charge is 2.29. The monoisotopic (exact) mass is 522 g/mol. The van der Waals surface area contributed by atoms with Crippen molar-refractivity contribution < 1.29 is 14.2 Å². The summed E-state index contributed by atoms with van der Waals surface area (Å²) in [6.45, 7) is 15.5. The van der Waals surface area contributed by atoms with Crippen LogP contribution in [0.2, 0.25) is 0 Å². The highest BCUT2D eigenvalue weighted by molar-refractivity contribution is 5.65. The fourth-order valence-corrected chi connectivity index (χ4v) is 5.28. The molecule has 4 rings (SSSR count). The van der Waals surface area contributed by atoms with E-state index >= 15 is 0 Å². The van der Waals surface area contributed by atoms with E-state index in [1.807, 2.05) is 26.0 Å². The van der Waals surface area contributed by atoms with Gasteiger partial charge in [-0.3, -0.25) is 0 Å². The van der Waals surface area contributed by atoms with Gasteiger partial charge in [-0.2, -0.15) is 4.98 Å². The van der Waals surface area contributed by atoms with Crippen molar-refractivity contribution in [1.82, 2.24) is 14.9 Å². The Bertz CT molecular complexity index is 1180. The van der Waals surface area contributed by atoms with Gasteiger partial charge >= 0.3 is 0 Å². The minimum absolute atomic E-state index is 0.0235. The molecule has 1 aromatic heterocycles. The average molecular weight is 523 g/mol. The molecule has 0 spiro atoms. The van der Waals surface area contributed by atoms with Gasteiger partial charge in [0.25, 0.3) is 0 Å². The number of nitrogens with zero attached hydrogens (tertiary/aromatic N) is 6. The first-order valence-electron chi connectivity index (χ1n) is 13.3. The molecule has 2 aromatic rings. The molecule has 38 heavy (non-hydrogen) atoms. The zero-order chi connectivity index (χ0) is 27.2. The van der Waals surface area contributed by atoms with Crippen LogP contribution in [0.15, 0.2) is 58.6 Å². The normalized spacial score (nSPS) is 21.0. The first kappa shape index (κ1) is 27.6. The van der Waals surface area contributed by atoms with Crippen LogP contribution in [0.1, 0.15) is 40.5 Å². The van der Waals surface area contributed by atoms with Gasteiger partial charge < -0.3 is 24.5 Å². The van der Waals surface area contributed by atoms with Gasteiger partial charge in [0.2, 0.25) is 5.95 Å². The summed E-state index contributed by atoms with van der Waals surface area (Å²) >= 11 is 0. The third kappa shape index (κ3) is 6.32. The van der Waals surface area contributed by atoms with Gasteiger partial charge in [-0.1, -0.05) is 0 Å². The van der Waals surface area contributed by atoms with Crippen molar-refractivity contribution in [3.8, 4) is 11.3 Å². The Kier molecular flexibility index (Phi) is 8.99. The predicted molar refractivity (Wildman–Crippen MR) is 151 cm³/mol. The summed E-state index contributed by atoms with van der Waals surface area (Å²) in [5, 5.41) is 9.01. The molecule has 2 atom stereocenters. The Labute approximate surface area is 225 Å². The van der Waals surface area contributed by atoms with Crippen LogP contribution in [0.4, 0.5) is 16.2 Å². The van der Waals surface area contributed by atoms with Gasteiger partial charge in [0.15, 0.2) is 0 Å². The number of hydrogen-bond acceptors (Lipinski definition) is 8. The summed E-state index contributed by atoms with van der Waals surface area (Å²) in [6, 6.07) is 9.05. The maximum absolute atomic E-state index is 13.6. The smallest absolute Gasteiger partial charge is 0.228 e. The molecule has 1 aromatic carbocycles. The summed E-state index contributed by atoms with van der Waals surface area (Å²) in [6.07, 6.45) is 4.17. The summed E-state index contributed by atoms with van der Waals surface area (Å²) in [4.78, 5) is 21.1. The number of ether oxygens (including phenoxy) is 1. The molecule has 2 saturated heterocycles. The molecule has 1 unspecified atom stereocenters. The molecule has 204 valence electrons. The number of allylic oxidation sites excluding steroid dienone is 3. The number of hydrogen-bond donors (Lipinski definition) is 1. The maximum atomic E-state index is 13.6. The van der Waals surface area contributed by atoms with Crippen LogP contribution in [0, 0.1) is 5.82 Å². The van der Waals surface area contributed by atoms with Crippen molar-refractivity contribution in [1.29, 1.82) is 0 Å². The van der Waals surface area contributed by atoms with E-state index < -0.39 is 0 Å². The van der Waals surface area contributed by atoms with Crippen LogP contribution in [0.3, 0.4) is 0 Å². The van der Waals surface area contributed by atoms with Gasteiger partial charge in [0, 0.05) is 49.9 Å². The van der Waals surface area contributed by atoms with Gasteiger partial charge in [-0.25, -0.2) is 14.4 Å². The number of aliphatic hydroxyl groups is 1. The first-order valence-corrected chi connectivity index (χ1v) is 13.3. The maximum Gasteiger partial charge on any atom is 0.228 e. The third-order valence-corrected chi connectivity index (χ3v) is 7.22. The number of aromatic nitrogens is 2. The molecule has 3 heterocycles. The van der Waals surface area contributed by atoms with Crippen molar-refractivity contribution in [2.45, 2.75) is 52.6 Å². The molecule has 2 aliphatic heterocycles. The molecule has 0 bridgehead atoms. The topological polar surface area (TPSA) is 77.3 Å². The second-order valence-electron chi connectivity index (χ2n) is 10.1. The van der Waals surface area contributed by atoms with Crippen LogP contribution >= 0.6 is 0 Å². The third-order valence-electron chi connectivity index (χ3n) is 7.22. The van der Waals surface area contributed by atoms with E-state index in [0.29, 0.717) is 6.04 Å². The van der Waals surface area contributed by atoms with Crippen molar-refractivity contribution >= 4 is 18.5 Å². The van der Waals surface area contributed by atoms with E-state index in [1.165, 1.54) is 12.1 Å². The number of rotatable bonds is 9. The Morgan fingerprint density at radius 2 is 1.89 bits per heavy atom. The predicted octanol–water partition coefficient (Wildman–Crippen LogP) is 4.63. The van der Waals surface area contributed by atoms with Crippen molar-refractivity contribution in [3.63, 3.8) is 0 Å². The zero-order valence-corrected chi connectivity index (χ0v) is 22.9. The largest absolute Gasteiger partial charge is 0.496 e. The summed E-state index contributed by atoms with van der Waals surface area (Å²) in [7, 11) is 0. The lowest BCUT2D eigenvalue weighted by molar-refractivity contribution is 0.146. The highest BCUT2D eigenvalue weighted by Crippen LogP contribution is 2.31. The van der Waals surface area contributed by atoms with Crippen LogP contribution in [0.25, 0.3) is 11.3 Å². The van der Waals surface area contributed by atoms with Crippen molar-refractivity contribution in [2.75, 3.05) is 49.2 Å². The van der Waals surface area contributed by atoms with Gasteiger partial charge in [-0.15, -0.1) is 0 Å². The first-order chi connectivity index (χ1) is 18.3. The quantitative estimate of drug-likeness (QED) is 0.292.